The van der Waals surface area contributed by atoms with Gasteiger partial charge in [-0.1, -0.05) is 51.2 Å². The van der Waals surface area contributed by atoms with Crippen molar-refractivity contribution in [2.24, 2.45) is 0 Å². The monoisotopic (exact) mass is 366 g/mol. The summed E-state index contributed by atoms with van der Waals surface area (Å²) >= 11 is 0. The van der Waals surface area contributed by atoms with Crippen LogP contribution in [-0.2, 0) is 9.59 Å². The van der Waals surface area contributed by atoms with Gasteiger partial charge in [0, 0.05) is 18.7 Å². The molecule has 0 atom stereocenters. The highest BCUT2D eigenvalue weighted by molar-refractivity contribution is 5.81. The summed E-state index contributed by atoms with van der Waals surface area (Å²) in [4.78, 5) is 21.8. The summed E-state index contributed by atoms with van der Waals surface area (Å²) in [6, 6.07) is 0. The van der Waals surface area contributed by atoms with Gasteiger partial charge in [-0.05, 0) is 44.9 Å². The Morgan fingerprint density at radius 3 is 2.23 bits per heavy atom. The van der Waals surface area contributed by atoms with Crippen LogP contribution >= 0.6 is 0 Å². The van der Waals surface area contributed by atoms with Gasteiger partial charge in [0.15, 0.2) is 0 Å². The molecule has 0 aromatic carbocycles. The fourth-order valence-electron chi connectivity index (χ4n) is 2.68. The lowest BCUT2D eigenvalue weighted by molar-refractivity contribution is -0.136. The van der Waals surface area contributed by atoms with Gasteiger partial charge in [-0.15, -0.1) is 0 Å². The van der Waals surface area contributed by atoms with Crippen LogP contribution in [-0.4, -0.2) is 29.2 Å². The third kappa shape index (κ3) is 18.7. The summed E-state index contributed by atoms with van der Waals surface area (Å²) in [6.07, 6.45) is 17.9. The Hall–Kier alpha value is -1.65. The zero-order valence-corrected chi connectivity index (χ0v) is 16.5. The van der Waals surface area contributed by atoms with Crippen LogP contribution in [0.25, 0.3) is 0 Å². The van der Waals surface area contributed by atoms with E-state index in [1.165, 1.54) is 25.7 Å². The van der Waals surface area contributed by atoms with Crippen LogP contribution in [0.2, 0.25) is 0 Å². The van der Waals surface area contributed by atoms with E-state index in [1.54, 1.807) is 0 Å². The van der Waals surface area contributed by atoms with Crippen molar-refractivity contribution in [3.63, 3.8) is 0 Å². The highest BCUT2D eigenvalue weighted by atomic mass is 16.4. The molecule has 0 aliphatic heterocycles. The van der Waals surface area contributed by atoms with E-state index in [0.29, 0.717) is 6.42 Å². The van der Waals surface area contributed by atoms with Gasteiger partial charge in [0.05, 0.1) is 6.42 Å². The number of hydrogen-bond donors (Lipinski definition) is 3. The molecule has 0 radical (unpaired) electrons. The average Bonchev–Trinajstić information content (AvgIpc) is 2.59. The summed E-state index contributed by atoms with van der Waals surface area (Å²) in [5.74, 6) is -0.931. The molecule has 1 amide bonds. The zero-order chi connectivity index (χ0) is 19.5. The molecule has 3 N–H and O–H groups in total. The van der Waals surface area contributed by atoms with Crippen molar-refractivity contribution in [3.8, 4) is 0 Å². The number of amides is 1. The number of carbonyl (C=O) groups excluding carboxylic acids is 1. The first-order valence-corrected chi connectivity index (χ1v) is 10.3. The molecule has 0 fully saturated rings. The summed E-state index contributed by atoms with van der Waals surface area (Å²) < 4.78 is 0. The van der Waals surface area contributed by atoms with Crippen LogP contribution in [0.4, 0.5) is 0 Å². The van der Waals surface area contributed by atoms with Gasteiger partial charge in [0.2, 0.25) is 5.91 Å². The Morgan fingerprint density at radius 1 is 0.846 bits per heavy atom. The lowest BCUT2D eigenvalue weighted by Crippen LogP contribution is -2.25. The number of carboxylic acid groups (broad SMARTS) is 1. The van der Waals surface area contributed by atoms with Crippen molar-refractivity contribution < 1.29 is 14.7 Å². The number of rotatable bonds is 18. The van der Waals surface area contributed by atoms with Crippen LogP contribution in [0.15, 0.2) is 12.2 Å². The number of allylic oxidation sites excluding steroid dienone is 2. The van der Waals surface area contributed by atoms with E-state index in [4.69, 9.17) is 10.5 Å². The molecule has 0 aliphatic carbocycles. The molecule has 5 nitrogen and oxygen atoms in total. The van der Waals surface area contributed by atoms with E-state index in [0.717, 1.165) is 57.1 Å². The van der Waals surface area contributed by atoms with E-state index in [2.05, 4.69) is 24.4 Å². The lowest BCUT2D eigenvalue weighted by atomic mass is 10.1. The fraction of sp³-hybridized carbons (Fsp3) is 0.762. The van der Waals surface area contributed by atoms with E-state index >= 15 is 0 Å². The Kier molecular flexibility index (Phi) is 17.0. The highest BCUT2D eigenvalue weighted by Crippen LogP contribution is 2.09. The molecule has 0 spiro atoms. The van der Waals surface area contributed by atoms with Gasteiger partial charge < -0.3 is 15.8 Å². The van der Waals surface area contributed by atoms with E-state index in [9.17, 15) is 9.59 Å². The van der Waals surface area contributed by atoms with Crippen molar-refractivity contribution in [1.82, 2.24) is 5.32 Å². The molecule has 0 bridgehead atoms. The van der Waals surface area contributed by atoms with Crippen molar-refractivity contribution in [3.05, 3.63) is 12.2 Å². The smallest absolute Gasteiger partial charge is 0.305 e. The molecule has 26 heavy (non-hydrogen) atoms. The Bertz CT molecular complexity index is 419. The van der Waals surface area contributed by atoms with Crippen LogP contribution in [0.1, 0.15) is 96.8 Å². The molecular weight excluding hydrogens is 328 g/mol. The van der Waals surface area contributed by atoms with E-state index < -0.39 is 5.97 Å². The van der Waals surface area contributed by atoms with Crippen LogP contribution in [0.3, 0.4) is 0 Å². The first-order valence-electron chi connectivity index (χ1n) is 10.3. The first kappa shape index (κ1) is 24.4. The maximum Gasteiger partial charge on any atom is 0.305 e. The number of unbranched alkanes of at least 4 members (excludes halogenated alkanes) is 7. The summed E-state index contributed by atoms with van der Waals surface area (Å²) in [6.45, 7) is 2.41. The second-order valence-corrected chi connectivity index (χ2v) is 6.87. The minimum Gasteiger partial charge on any atom is -0.481 e. The molecule has 0 aromatic heterocycles. The number of nitrogens with one attached hydrogen (secondary N) is 2. The van der Waals surface area contributed by atoms with Crippen LogP contribution in [0.5, 0.6) is 0 Å². The van der Waals surface area contributed by atoms with E-state index in [1.807, 2.05) is 0 Å². The Labute approximate surface area is 159 Å². The molecular formula is C21H38N2O3. The van der Waals surface area contributed by atoms with Gasteiger partial charge in [0.25, 0.3) is 0 Å². The van der Waals surface area contributed by atoms with Crippen molar-refractivity contribution in [2.75, 3.05) is 6.54 Å². The predicted octanol–water partition coefficient (Wildman–Crippen LogP) is 5.24. The topological polar surface area (TPSA) is 90.3 Å². The first-order chi connectivity index (χ1) is 12.6. The molecule has 150 valence electrons. The predicted molar refractivity (Wildman–Crippen MR) is 108 cm³/mol. The maximum atomic E-state index is 11.5. The highest BCUT2D eigenvalue weighted by Gasteiger charge is 2.02. The van der Waals surface area contributed by atoms with Crippen LogP contribution < -0.4 is 5.32 Å². The summed E-state index contributed by atoms with van der Waals surface area (Å²) in [5, 5.41) is 19.0. The van der Waals surface area contributed by atoms with E-state index in [-0.39, 0.29) is 18.9 Å². The standard InChI is InChI=1S/C21H38N2O3/c1-2-3-11-14-19(22)15-12-9-7-5-4-6-8-10-13-16-20(24)23-18-17-21(25)26/h7,9,22H,2-6,8,10-18H2,1H3,(H,23,24)(H,25,26). The van der Waals surface area contributed by atoms with Crippen LogP contribution in [0, 0.1) is 5.41 Å². The normalized spacial score (nSPS) is 11.0. The zero-order valence-electron chi connectivity index (χ0n) is 16.5. The summed E-state index contributed by atoms with van der Waals surface area (Å²) in [5.41, 5.74) is 0.884. The fourth-order valence-corrected chi connectivity index (χ4v) is 2.68. The SMILES string of the molecule is CCCCCC(=N)CCC=CCCCCCCCC(=O)NCCC(=O)O. The van der Waals surface area contributed by atoms with Gasteiger partial charge in [0.1, 0.15) is 0 Å². The van der Waals surface area contributed by atoms with Gasteiger partial charge in [-0.3, -0.25) is 9.59 Å². The molecule has 0 unspecified atom stereocenters. The number of carbonyl (C=O) groups is 2. The molecule has 5 heteroatoms. The molecule has 0 heterocycles. The Balaban J connectivity index is 3.33. The van der Waals surface area contributed by atoms with Crippen molar-refractivity contribution in [2.45, 2.75) is 96.8 Å². The molecule has 0 saturated heterocycles. The van der Waals surface area contributed by atoms with Crippen molar-refractivity contribution in [1.29, 1.82) is 5.41 Å². The molecule has 0 aromatic rings. The number of aliphatic carboxylic acids is 1. The third-order valence-electron chi connectivity index (χ3n) is 4.30. The largest absolute Gasteiger partial charge is 0.481 e. The molecule has 0 saturated carbocycles. The second-order valence-electron chi connectivity index (χ2n) is 6.87. The number of carboxylic acids is 1. The van der Waals surface area contributed by atoms with Gasteiger partial charge in [-0.25, -0.2) is 0 Å². The molecule has 0 rings (SSSR count). The van der Waals surface area contributed by atoms with Crippen molar-refractivity contribution >= 4 is 17.6 Å². The maximum absolute atomic E-state index is 11.5. The minimum atomic E-state index is -0.885. The van der Waals surface area contributed by atoms with Gasteiger partial charge in [-0.2, -0.15) is 0 Å². The Morgan fingerprint density at radius 2 is 1.50 bits per heavy atom. The quantitative estimate of drug-likeness (QED) is 0.176. The number of hydrogen-bond acceptors (Lipinski definition) is 3. The van der Waals surface area contributed by atoms with Gasteiger partial charge >= 0.3 is 5.97 Å². The average molecular weight is 367 g/mol. The lowest BCUT2D eigenvalue weighted by Gasteiger charge is -2.03. The summed E-state index contributed by atoms with van der Waals surface area (Å²) in [7, 11) is 0. The third-order valence-corrected chi connectivity index (χ3v) is 4.30. The minimum absolute atomic E-state index is 0.0146. The second kappa shape index (κ2) is 18.2. The molecule has 0 aliphatic rings.